The number of benzene rings is 1. The van der Waals surface area contributed by atoms with Crippen molar-refractivity contribution >= 4 is 17.8 Å². The fourth-order valence-electron chi connectivity index (χ4n) is 2.32. The van der Waals surface area contributed by atoms with Crippen molar-refractivity contribution < 1.29 is 44.9 Å². The molecule has 0 aliphatic carbocycles. The molecule has 1 aliphatic heterocycles. The van der Waals surface area contributed by atoms with E-state index in [0.717, 1.165) is 18.2 Å². The number of rotatable bonds is 8. The van der Waals surface area contributed by atoms with Crippen molar-refractivity contribution in [1.82, 2.24) is 0 Å². The molecule has 0 atom stereocenters. The first-order chi connectivity index (χ1) is 14.0. The molecule has 0 radical (unpaired) electrons. The zero-order valence-corrected chi connectivity index (χ0v) is 16.5. The monoisotopic (exact) mass is 460 g/mol. The second-order valence-corrected chi connectivity index (χ2v) is 7.37. The summed E-state index contributed by atoms with van der Waals surface area (Å²) in [6.45, 7) is -0.757. The van der Waals surface area contributed by atoms with E-state index in [1.165, 1.54) is 18.2 Å². The molecular formula is C19H19F7O3S. The van der Waals surface area contributed by atoms with E-state index in [4.69, 9.17) is 9.47 Å². The van der Waals surface area contributed by atoms with Crippen LogP contribution in [0.3, 0.4) is 0 Å². The van der Waals surface area contributed by atoms with E-state index in [1.54, 1.807) is 11.8 Å². The Bertz CT molecular complexity index is 742. The summed E-state index contributed by atoms with van der Waals surface area (Å²) in [7, 11) is 0. The number of hydrogen-bond acceptors (Lipinski definition) is 4. The number of thioether (sulfide) groups is 1. The highest BCUT2D eigenvalue weighted by molar-refractivity contribution is 7.99. The SMILES string of the molecule is CSC1COC(/C=C/C=C/c2ccc(OCC(F)(F)C(F)F)cc2C(F)(F)F)OC1. The third kappa shape index (κ3) is 7.21. The Morgan fingerprint density at radius 1 is 1.13 bits per heavy atom. The van der Waals surface area contributed by atoms with Crippen LogP contribution in [0.25, 0.3) is 6.08 Å². The molecule has 1 heterocycles. The van der Waals surface area contributed by atoms with Gasteiger partial charge in [-0.15, -0.1) is 0 Å². The van der Waals surface area contributed by atoms with Gasteiger partial charge in [0.2, 0.25) is 0 Å². The second-order valence-electron chi connectivity index (χ2n) is 6.23. The van der Waals surface area contributed by atoms with Crippen LogP contribution in [0.5, 0.6) is 5.75 Å². The quantitative estimate of drug-likeness (QED) is 0.370. The smallest absolute Gasteiger partial charge is 0.417 e. The molecule has 1 fully saturated rings. The fraction of sp³-hybridized carbons (Fsp3) is 0.474. The Morgan fingerprint density at radius 3 is 2.37 bits per heavy atom. The molecule has 30 heavy (non-hydrogen) atoms. The van der Waals surface area contributed by atoms with Crippen molar-refractivity contribution in [2.45, 2.75) is 30.1 Å². The van der Waals surface area contributed by atoms with Crippen LogP contribution in [0.4, 0.5) is 30.7 Å². The maximum Gasteiger partial charge on any atom is 0.417 e. The van der Waals surface area contributed by atoms with Crippen LogP contribution < -0.4 is 4.74 Å². The molecule has 0 bridgehead atoms. The molecular weight excluding hydrogens is 441 g/mol. The maximum absolute atomic E-state index is 13.3. The predicted octanol–water partition coefficient (Wildman–Crippen LogP) is 5.66. The Balaban J connectivity index is 2.06. The molecule has 1 aliphatic rings. The molecule has 1 saturated heterocycles. The highest BCUT2D eigenvalue weighted by Gasteiger charge is 2.42. The number of halogens is 7. The summed E-state index contributed by atoms with van der Waals surface area (Å²) in [5, 5.41) is 0.223. The van der Waals surface area contributed by atoms with E-state index in [2.05, 4.69) is 4.74 Å². The lowest BCUT2D eigenvalue weighted by molar-refractivity contribution is -0.148. The predicted molar refractivity (Wildman–Crippen MR) is 99.1 cm³/mol. The van der Waals surface area contributed by atoms with E-state index in [-0.39, 0.29) is 10.8 Å². The molecule has 0 aromatic heterocycles. The molecule has 168 valence electrons. The van der Waals surface area contributed by atoms with E-state index >= 15 is 0 Å². The topological polar surface area (TPSA) is 27.7 Å². The van der Waals surface area contributed by atoms with Gasteiger partial charge in [-0.05, 0) is 30.0 Å². The van der Waals surface area contributed by atoms with Crippen LogP contribution in [0, 0.1) is 0 Å². The zero-order valence-electron chi connectivity index (χ0n) is 15.7. The van der Waals surface area contributed by atoms with Crippen LogP contribution in [0.2, 0.25) is 0 Å². The van der Waals surface area contributed by atoms with Gasteiger partial charge in [0, 0.05) is 0 Å². The van der Waals surface area contributed by atoms with Gasteiger partial charge in [0.1, 0.15) is 5.75 Å². The van der Waals surface area contributed by atoms with Crippen molar-refractivity contribution in [2.24, 2.45) is 0 Å². The van der Waals surface area contributed by atoms with Crippen molar-refractivity contribution in [3.8, 4) is 5.75 Å². The number of ether oxygens (including phenoxy) is 3. The van der Waals surface area contributed by atoms with Gasteiger partial charge in [-0.3, -0.25) is 0 Å². The summed E-state index contributed by atoms with van der Waals surface area (Å²) < 4.78 is 105. The fourth-order valence-corrected chi connectivity index (χ4v) is 2.75. The number of hydrogen-bond donors (Lipinski definition) is 0. The van der Waals surface area contributed by atoms with Gasteiger partial charge in [-0.1, -0.05) is 24.3 Å². The van der Waals surface area contributed by atoms with Gasteiger partial charge in [-0.2, -0.15) is 33.7 Å². The van der Waals surface area contributed by atoms with Gasteiger partial charge in [0.15, 0.2) is 12.9 Å². The second kappa shape index (κ2) is 10.5. The maximum atomic E-state index is 13.3. The van der Waals surface area contributed by atoms with Gasteiger partial charge in [0.05, 0.1) is 24.0 Å². The van der Waals surface area contributed by atoms with Crippen LogP contribution in [0.15, 0.2) is 36.4 Å². The van der Waals surface area contributed by atoms with Crippen LogP contribution in [0.1, 0.15) is 11.1 Å². The van der Waals surface area contributed by atoms with Gasteiger partial charge >= 0.3 is 18.5 Å². The Kier molecular flexibility index (Phi) is 8.62. The van der Waals surface area contributed by atoms with Crippen molar-refractivity contribution in [3.05, 3.63) is 47.6 Å². The Labute approximate surface area is 172 Å². The molecule has 0 spiro atoms. The average Bonchev–Trinajstić information content (AvgIpc) is 2.69. The zero-order chi connectivity index (χ0) is 22.4. The molecule has 0 amide bonds. The van der Waals surface area contributed by atoms with Crippen LogP contribution >= 0.6 is 11.8 Å². The van der Waals surface area contributed by atoms with E-state index in [0.29, 0.717) is 19.3 Å². The summed E-state index contributed by atoms with van der Waals surface area (Å²) in [5.41, 5.74) is -1.41. The van der Waals surface area contributed by atoms with Crippen molar-refractivity contribution in [3.63, 3.8) is 0 Å². The van der Waals surface area contributed by atoms with Crippen molar-refractivity contribution in [1.29, 1.82) is 0 Å². The first-order valence-corrected chi connectivity index (χ1v) is 9.92. The summed E-state index contributed by atoms with van der Waals surface area (Å²) >= 11 is 1.60. The lowest BCUT2D eigenvalue weighted by atomic mass is 10.1. The normalized spacial score (nSPS) is 21.1. The molecule has 1 aromatic carbocycles. The lowest BCUT2D eigenvalue weighted by Gasteiger charge is -2.26. The highest BCUT2D eigenvalue weighted by atomic mass is 32.2. The Morgan fingerprint density at radius 2 is 1.80 bits per heavy atom. The first kappa shape index (κ1) is 24.5. The number of alkyl halides is 7. The van der Waals surface area contributed by atoms with Gasteiger partial charge in [0.25, 0.3) is 0 Å². The standard InChI is InChI=1S/C19H19F7O3S/c1-30-14-9-27-16(28-10-14)5-3-2-4-12-6-7-13(8-15(12)19(24,25)26)29-11-18(22,23)17(20)21/h2-8,14,16-17H,9-11H2,1H3/b4-2+,5-3+. The largest absolute Gasteiger partial charge is 0.487 e. The lowest BCUT2D eigenvalue weighted by Crippen LogP contribution is -2.33. The van der Waals surface area contributed by atoms with Crippen molar-refractivity contribution in [2.75, 3.05) is 26.1 Å². The summed E-state index contributed by atoms with van der Waals surface area (Å²) in [6.07, 6.45) is -1.99. The molecule has 3 nitrogen and oxygen atoms in total. The minimum absolute atomic E-state index is 0.223. The number of allylic oxidation sites excluding steroid dienone is 2. The minimum Gasteiger partial charge on any atom is -0.487 e. The molecule has 0 unspecified atom stereocenters. The van der Waals surface area contributed by atoms with E-state index in [9.17, 15) is 30.7 Å². The molecule has 11 heteroatoms. The molecule has 0 N–H and O–H groups in total. The van der Waals surface area contributed by atoms with Gasteiger partial charge in [-0.25, -0.2) is 8.78 Å². The molecule has 2 rings (SSSR count). The third-order valence-electron chi connectivity index (χ3n) is 3.96. The van der Waals surface area contributed by atoms with E-state index < -0.39 is 42.7 Å². The Hall–Kier alpha value is -1.72. The van der Waals surface area contributed by atoms with Crippen LogP contribution in [-0.4, -0.2) is 50.0 Å². The average molecular weight is 460 g/mol. The highest BCUT2D eigenvalue weighted by Crippen LogP contribution is 2.35. The molecule has 0 saturated carbocycles. The third-order valence-corrected chi connectivity index (χ3v) is 4.90. The van der Waals surface area contributed by atoms with Gasteiger partial charge < -0.3 is 14.2 Å². The van der Waals surface area contributed by atoms with E-state index in [1.807, 2.05) is 6.26 Å². The summed E-state index contributed by atoms with van der Waals surface area (Å²) in [6, 6.07) is 2.48. The minimum atomic E-state index is -4.81. The molecule has 1 aromatic rings. The summed E-state index contributed by atoms with van der Waals surface area (Å²) in [4.78, 5) is 0. The van der Waals surface area contributed by atoms with Crippen LogP contribution in [-0.2, 0) is 15.7 Å². The first-order valence-electron chi connectivity index (χ1n) is 8.64. The summed E-state index contributed by atoms with van der Waals surface area (Å²) in [5.74, 6) is -5.07.